The summed E-state index contributed by atoms with van der Waals surface area (Å²) in [5, 5.41) is 30.3. The summed E-state index contributed by atoms with van der Waals surface area (Å²) in [6, 6.07) is 22.9. The third-order valence-electron chi connectivity index (χ3n) is 16.3. The fraction of sp³-hybridized carbons (Fsp3) is 0.467. The number of likely N-dealkylation sites (tertiary alicyclic amines) is 1. The van der Waals surface area contributed by atoms with E-state index in [4.69, 9.17) is 23.2 Å². The number of anilines is 2. The van der Waals surface area contributed by atoms with Gasteiger partial charge >= 0.3 is 0 Å². The van der Waals surface area contributed by atoms with Gasteiger partial charge in [-0.05, 0) is 103 Å². The van der Waals surface area contributed by atoms with E-state index in [0.29, 0.717) is 47.8 Å². The summed E-state index contributed by atoms with van der Waals surface area (Å²) in [5.41, 5.74) is 5.00. The molecule has 1 saturated carbocycles. The molecule has 9 rings (SSSR count). The predicted molar refractivity (Wildman–Crippen MR) is 305 cm³/mol. The number of aliphatic hydroxyl groups is 1. The first-order chi connectivity index (χ1) is 37.4. The highest BCUT2D eigenvalue weighted by molar-refractivity contribution is 7.13. The second-order valence-corrected chi connectivity index (χ2v) is 24.4. The van der Waals surface area contributed by atoms with Gasteiger partial charge in [0.25, 0.3) is 0 Å². The van der Waals surface area contributed by atoms with E-state index in [1.807, 2.05) is 87.8 Å². The summed E-state index contributed by atoms with van der Waals surface area (Å²) in [6.45, 7) is 9.31. The van der Waals surface area contributed by atoms with E-state index in [2.05, 4.69) is 36.9 Å². The normalized spacial score (nSPS) is 21.8. The number of aromatic nitrogens is 1. The van der Waals surface area contributed by atoms with Gasteiger partial charge in [-0.15, -0.1) is 11.3 Å². The van der Waals surface area contributed by atoms with Gasteiger partial charge in [0.1, 0.15) is 23.3 Å². The van der Waals surface area contributed by atoms with Crippen molar-refractivity contribution in [2.45, 2.75) is 159 Å². The molecule has 3 fully saturated rings. The van der Waals surface area contributed by atoms with Gasteiger partial charge in [0.15, 0.2) is 0 Å². The van der Waals surface area contributed by atoms with E-state index in [1.54, 1.807) is 35.6 Å². The van der Waals surface area contributed by atoms with Crippen molar-refractivity contribution >= 4 is 75.4 Å². The second-order valence-electron chi connectivity index (χ2n) is 22.7. The lowest BCUT2D eigenvalue weighted by Crippen LogP contribution is -2.60. The molecule has 0 radical (unpaired) electrons. The number of benzene rings is 4. The van der Waals surface area contributed by atoms with Gasteiger partial charge in [0, 0.05) is 60.3 Å². The number of amides is 5. The summed E-state index contributed by atoms with van der Waals surface area (Å²) >= 11 is 14.4. The van der Waals surface area contributed by atoms with Gasteiger partial charge in [-0.1, -0.05) is 137 Å². The Bertz CT molecular complexity index is 3000. The molecule has 5 aromatic rings. The number of halogens is 3. The van der Waals surface area contributed by atoms with Crippen LogP contribution in [0.4, 0.5) is 15.8 Å². The van der Waals surface area contributed by atoms with E-state index in [9.17, 15) is 29.1 Å². The molecule has 4 aromatic carbocycles. The smallest absolute Gasteiger partial charge is 0.246 e. The molecule has 4 aliphatic rings. The number of β-amino-alcohol motifs (C(OH)–C–C–N with tert-alkyl or cyclic N) is 1. The Balaban J connectivity index is 0.716. The van der Waals surface area contributed by atoms with Crippen LogP contribution in [0.25, 0.3) is 10.4 Å². The molecule has 18 heteroatoms. The zero-order valence-corrected chi connectivity index (χ0v) is 47.1. The van der Waals surface area contributed by atoms with Crippen LogP contribution in [0.3, 0.4) is 0 Å². The standard InChI is InChI=1S/C60H71Cl2FN8O6S/c1-36-52(78-35-66-36)39-21-17-38(18-22-39)33-65-54(74)47-31-42(72)34-71(47)56(76)53(58(2,3)4)69-48(73)16-9-6-5-7-12-29-64-32-37-19-24-41(25-20-37)67-55(75)51-49(43-14-13-15-45(62)50(43)63)60(59(70-51)27-10-8-11-28-59)44-26-23-40(61)30-46(44)68-57(60)77/h13-15,17-26,30,35,42,47,49,51,53,64,70,72H,5-12,16,27-29,31-34H2,1-4H3,(H,65,74)(H,67,75)(H,68,77)(H,69,73)/t42-,47+,49+,51-,53-,60-/m1/s1. The fourth-order valence-corrected chi connectivity index (χ4v) is 13.6. The number of nitrogens with zero attached hydrogens (tertiary/aromatic N) is 2. The van der Waals surface area contributed by atoms with Crippen molar-refractivity contribution in [1.29, 1.82) is 0 Å². The highest BCUT2D eigenvalue weighted by atomic mass is 35.5. The molecule has 7 N–H and O–H groups in total. The number of nitrogens with one attached hydrogen (secondary N) is 6. The van der Waals surface area contributed by atoms with Crippen LogP contribution in [0.1, 0.15) is 132 Å². The Morgan fingerprint density at radius 1 is 0.897 bits per heavy atom. The number of aryl methyl sites for hydroxylation is 1. The molecular weight excluding hydrogens is 1050 g/mol. The number of carbonyl (C=O) groups excluding carboxylic acids is 5. The summed E-state index contributed by atoms with van der Waals surface area (Å²) in [5.74, 6) is -3.20. The lowest BCUT2D eigenvalue weighted by atomic mass is 9.55. The topological polar surface area (TPSA) is 194 Å². The van der Waals surface area contributed by atoms with Crippen molar-refractivity contribution in [3.63, 3.8) is 0 Å². The van der Waals surface area contributed by atoms with Crippen LogP contribution in [0.5, 0.6) is 0 Å². The predicted octanol–water partition coefficient (Wildman–Crippen LogP) is 10.1. The largest absolute Gasteiger partial charge is 0.391 e. The zero-order chi connectivity index (χ0) is 55.4. The van der Waals surface area contributed by atoms with Gasteiger partial charge in [0.05, 0.1) is 33.3 Å². The van der Waals surface area contributed by atoms with Crippen LogP contribution in [0, 0.1) is 18.2 Å². The third kappa shape index (κ3) is 11.9. The van der Waals surface area contributed by atoms with Gasteiger partial charge < -0.3 is 36.6 Å². The fourth-order valence-electron chi connectivity index (χ4n) is 12.5. The van der Waals surface area contributed by atoms with Gasteiger partial charge in [-0.2, -0.15) is 0 Å². The monoisotopic (exact) mass is 1120 g/mol. The van der Waals surface area contributed by atoms with Crippen LogP contribution >= 0.6 is 34.5 Å². The van der Waals surface area contributed by atoms with E-state index in [1.165, 1.54) is 11.0 Å². The van der Waals surface area contributed by atoms with Gasteiger partial charge in [0.2, 0.25) is 29.5 Å². The molecular formula is C60H71Cl2FN8O6S. The average molecular weight is 1120 g/mol. The van der Waals surface area contributed by atoms with Crippen LogP contribution in [0.15, 0.2) is 90.4 Å². The van der Waals surface area contributed by atoms with Crippen LogP contribution in [-0.2, 0) is 42.5 Å². The molecule has 4 heterocycles. The van der Waals surface area contributed by atoms with Crippen molar-refractivity contribution in [3.8, 4) is 10.4 Å². The Kier molecular flexibility index (Phi) is 17.8. The first-order valence-corrected chi connectivity index (χ1v) is 29.0. The van der Waals surface area contributed by atoms with E-state index < -0.39 is 52.3 Å². The minimum Gasteiger partial charge on any atom is -0.391 e. The first-order valence-electron chi connectivity index (χ1n) is 27.4. The molecule has 2 spiro atoms. The molecule has 0 bridgehead atoms. The lowest BCUT2D eigenvalue weighted by Gasteiger charge is -2.47. The third-order valence-corrected chi connectivity index (χ3v) is 17.8. The van der Waals surface area contributed by atoms with Crippen molar-refractivity contribution < 1.29 is 33.5 Å². The van der Waals surface area contributed by atoms with E-state index in [-0.39, 0.29) is 66.1 Å². The molecule has 3 aliphatic heterocycles. The number of rotatable bonds is 19. The van der Waals surface area contributed by atoms with Crippen molar-refractivity contribution in [3.05, 3.63) is 134 Å². The minimum atomic E-state index is -1.32. The summed E-state index contributed by atoms with van der Waals surface area (Å²) < 4.78 is 16.3. The number of unbranched alkanes of at least 4 members (excludes halogenated alkanes) is 4. The molecule has 78 heavy (non-hydrogen) atoms. The lowest BCUT2D eigenvalue weighted by molar-refractivity contribution is -0.144. The molecule has 0 unspecified atom stereocenters. The number of fused-ring (bicyclic) bond motifs is 3. The second kappa shape index (κ2) is 24.3. The zero-order valence-electron chi connectivity index (χ0n) is 44.8. The summed E-state index contributed by atoms with van der Waals surface area (Å²) in [4.78, 5) is 77.0. The van der Waals surface area contributed by atoms with Gasteiger partial charge in [-0.25, -0.2) is 9.37 Å². The molecule has 14 nitrogen and oxygen atoms in total. The molecule has 6 atom stereocenters. The van der Waals surface area contributed by atoms with E-state index in [0.717, 1.165) is 78.8 Å². The maximum absolute atomic E-state index is 16.3. The van der Waals surface area contributed by atoms with Gasteiger partial charge in [-0.3, -0.25) is 29.3 Å². The average Bonchev–Trinajstić information content (AvgIpc) is 4.27. The SMILES string of the molecule is Cc1ncsc1-c1ccc(CNC(=O)[C@@H]2C[C@@H](O)CN2C(=O)[C@@H](NC(=O)CCCCCCCNCc2ccc(NC(=O)[C@@H]3NC4(CCCCC4)[C@@]4(C(=O)Nc5cc(Cl)ccc54)[C@H]3c3cccc(Cl)c3F)cc2)C(C)(C)C)cc1. The highest BCUT2D eigenvalue weighted by Gasteiger charge is 2.72. The maximum Gasteiger partial charge on any atom is 0.246 e. The number of hydrogen-bond acceptors (Lipinski definition) is 10. The summed E-state index contributed by atoms with van der Waals surface area (Å²) in [7, 11) is 0. The first kappa shape index (κ1) is 57.0. The highest BCUT2D eigenvalue weighted by Crippen LogP contribution is 2.63. The van der Waals surface area contributed by atoms with Crippen LogP contribution in [0.2, 0.25) is 10.0 Å². The Morgan fingerprint density at radius 2 is 1.60 bits per heavy atom. The maximum atomic E-state index is 16.3. The van der Waals surface area contributed by atoms with Crippen LogP contribution in [-0.4, -0.2) is 87.4 Å². The number of thiazole rings is 1. The molecule has 5 amide bonds. The number of hydrogen-bond donors (Lipinski definition) is 7. The van der Waals surface area contributed by atoms with Crippen molar-refractivity contribution in [1.82, 2.24) is 31.2 Å². The summed E-state index contributed by atoms with van der Waals surface area (Å²) in [6.07, 6.45) is 7.84. The molecule has 414 valence electrons. The molecule has 1 aromatic heterocycles. The quantitative estimate of drug-likeness (QED) is 0.0394. The molecule has 2 saturated heterocycles. The Hall–Kier alpha value is -5.75. The minimum absolute atomic E-state index is 0.0123. The number of carbonyl (C=O) groups is 5. The van der Waals surface area contributed by atoms with Crippen molar-refractivity contribution in [2.24, 2.45) is 5.41 Å². The Labute approximate surface area is 470 Å². The van der Waals surface area contributed by atoms with Crippen molar-refractivity contribution in [2.75, 3.05) is 23.7 Å². The van der Waals surface area contributed by atoms with E-state index >= 15 is 4.39 Å². The molecule has 1 aliphatic carbocycles. The number of aliphatic hydroxyl groups excluding tert-OH is 1. The Morgan fingerprint density at radius 3 is 2.32 bits per heavy atom. The van der Waals surface area contributed by atoms with Crippen LogP contribution < -0.4 is 31.9 Å².